The van der Waals surface area contributed by atoms with E-state index in [0.717, 1.165) is 44.0 Å². The minimum absolute atomic E-state index is 0.130. The van der Waals surface area contributed by atoms with Gasteiger partial charge in [0.1, 0.15) is 16.9 Å². The molecule has 0 aliphatic heterocycles. The second-order valence-corrected chi connectivity index (χ2v) is 8.55. The number of hydrogen-bond donors (Lipinski definition) is 1. The van der Waals surface area contributed by atoms with Crippen LogP contribution >= 0.6 is 11.8 Å². The van der Waals surface area contributed by atoms with Crippen LogP contribution in [-0.2, 0) is 17.8 Å². The van der Waals surface area contributed by atoms with Crippen molar-refractivity contribution >= 4 is 45.2 Å². The maximum Gasteiger partial charge on any atom is 0.191 e. The van der Waals surface area contributed by atoms with E-state index in [9.17, 15) is 4.79 Å². The van der Waals surface area contributed by atoms with Gasteiger partial charge in [-0.3, -0.25) is 4.79 Å². The van der Waals surface area contributed by atoms with Crippen LogP contribution in [0.1, 0.15) is 26.3 Å². The van der Waals surface area contributed by atoms with Crippen LogP contribution in [0.5, 0.6) is 0 Å². The zero-order valence-corrected chi connectivity index (χ0v) is 20.4. The number of nitrogen functional groups attached to an aromatic ring is 1. The van der Waals surface area contributed by atoms with Gasteiger partial charge in [-0.15, -0.1) is 10.2 Å². The summed E-state index contributed by atoms with van der Waals surface area (Å²) in [6, 6.07) is 21.5. The van der Waals surface area contributed by atoms with Crippen molar-refractivity contribution in [2.45, 2.75) is 38.9 Å². The first-order valence-electron chi connectivity index (χ1n) is 11.5. The predicted molar refractivity (Wildman–Crippen MR) is 140 cm³/mol. The molecule has 0 amide bonds. The summed E-state index contributed by atoms with van der Waals surface area (Å²) in [5, 5.41) is 11.5. The number of nitrogens with zero attached hydrogens (tertiary/aromatic N) is 3. The van der Waals surface area contributed by atoms with E-state index in [-0.39, 0.29) is 5.78 Å². The third kappa shape index (κ3) is 4.84. The fourth-order valence-corrected chi connectivity index (χ4v) is 4.69. The van der Waals surface area contributed by atoms with E-state index in [1.807, 2.05) is 92.1 Å². The van der Waals surface area contributed by atoms with Gasteiger partial charge in [0.25, 0.3) is 0 Å². The summed E-state index contributed by atoms with van der Waals surface area (Å²) in [4.78, 5) is 12.7. The zero-order chi connectivity index (χ0) is 24.1. The molecule has 7 heteroatoms. The molecule has 0 spiro atoms. The highest BCUT2D eigenvalue weighted by Gasteiger charge is 2.15. The maximum atomic E-state index is 12.7. The van der Waals surface area contributed by atoms with Crippen molar-refractivity contribution in [1.82, 2.24) is 14.8 Å². The number of nitrogens with two attached hydrogens (primary N) is 1. The topological polar surface area (TPSA) is 86.9 Å². The van der Waals surface area contributed by atoms with Crippen molar-refractivity contribution in [2.75, 3.05) is 11.5 Å². The lowest BCUT2D eigenvalue weighted by atomic mass is 10.1. The Balaban J connectivity index is 0.00000133. The van der Waals surface area contributed by atoms with Gasteiger partial charge >= 0.3 is 0 Å². The Hall–Kier alpha value is -3.58. The first-order valence-corrected chi connectivity index (χ1v) is 12.4. The second kappa shape index (κ2) is 10.6. The molecule has 0 bridgehead atoms. The monoisotopic (exact) mass is 472 g/mol. The van der Waals surface area contributed by atoms with Crippen LogP contribution in [-0.4, -0.2) is 26.3 Å². The summed E-state index contributed by atoms with van der Waals surface area (Å²) in [6.45, 7) is 6.75. The number of Topliss-reactive ketones (excluding diaryl/α,β-unsaturated/α-hetero) is 1. The molecule has 2 heterocycles. The molecule has 2 aromatic heterocycles. The fraction of sp³-hybridized carbons (Fsp3) is 0.222. The number of fused-ring (bicyclic) bond motifs is 3. The van der Waals surface area contributed by atoms with Crippen molar-refractivity contribution in [3.05, 3.63) is 72.3 Å². The predicted octanol–water partition coefficient (Wildman–Crippen LogP) is 6.38. The average Bonchev–Trinajstić information content (AvgIpc) is 3.45. The average molecular weight is 473 g/mol. The Morgan fingerprint density at radius 1 is 0.971 bits per heavy atom. The first kappa shape index (κ1) is 23.6. The van der Waals surface area contributed by atoms with Crippen molar-refractivity contribution in [3.63, 3.8) is 0 Å². The van der Waals surface area contributed by atoms with Crippen LogP contribution in [0.25, 0.3) is 33.3 Å². The normalized spacial score (nSPS) is 10.9. The summed E-state index contributed by atoms with van der Waals surface area (Å²) in [5.41, 5.74) is 10.1. The molecule has 34 heavy (non-hydrogen) atoms. The molecule has 0 saturated heterocycles. The number of ketones is 1. The molecule has 0 unspecified atom stereocenters. The second-order valence-electron chi connectivity index (χ2n) is 7.61. The third-order valence-corrected chi connectivity index (χ3v) is 6.44. The van der Waals surface area contributed by atoms with Crippen LogP contribution in [0.4, 0.5) is 5.69 Å². The highest BCUT2D eigenvalue weighted by atomic mass is 32.2. The summed E-state index contributed by atoms with van der Waals surface area (Å²) in [5.74, 6) is 1.24. The van der Waals surface area contributed by atoms with Gasteiger partial charge in [0, 0.05) is 35.0 Å². The SMILES string of the molecule is CC.CCn1c(SCC(=O)Cc2ccc3c(c2)oc2ccccc23)nnc1-c1ccc(N)cc1. The lowest BCUT2D eigenvalue weighted by molar-refractivity contribution is -0.116. The molecule has 5 aromatic rings. The standard InChI is InChI=1S/C25H22N4O2S.C2H6/c1-2-29-24(17-8-10-18(26)11-9-17)27-28-25(29)32-15-19(30)13-16-7-12-21-20-5-3-4-6-22(20)31-23(21)14-16;1-2/h3-12,14H,2,13,15,26H2,1H3;1-2H3. The molecule has 0 aliphatic rings. The number of anilines is 1. The fourth-order valence-electron chi connectivity index (χ4n) is 3.83. The third-order valence-electron chi connectivity index (χ3n) is 5.41. The van der Waals surface area contributed by atoms with Gasteiger partial charge in [-0.2, -0.15) is 0 Å². The van der Waals surface area contributed by atoms with E-state index < -0.39 is 0 Å². The Labute approximate surface area is 203 Å². The minimum atomic E-state index is 0.130. The Morgan fingerprint density at radius 3 is 2.47 bits per heavy atom. The van der Waals surface area contributed by atoms with E-state index in [0.29, 0.717) is 24.4 Å². The van der Waals surface area contributed by atoms with E-state index >= 15 is 0 Å². The van der Waals surface area contributed by atoms with Gasteiger partial charge in [0.2, 0.25) is 0 Å². The number of hydrogen-bond acceptors (Lipinski definition) is 6. The van der Waals surface area contributed by atoms with Crippen LogP contribution in [0.15, 0.2) is 76.3 Å². The maximum absolute atomic E-state index is 12.7. The highest BCUT2D eigenvalue weighted by molar-refractivity contribution is 7.99. The van der Waals surface area contributed by atoms with Crippen molar-refractivity contribution in [3.8, 4) is 11.4 Å². The molecular formula is C27H28N4O2S. The Bertz CT molecular complexity index is 1420. The number of thioether (sulfide) groups is 1. The molecule has 0 atom stereocenters. The van der Waals surface area contributed by atoms with Gasteiger partial charge in [0.15, 0.2) is 11.0 Å². The van der Waals surface area contributed by atoms with E-state index in [1.165, 1.54) is 11.8 Å². The minimum Gasteiger partial charge on any atom is -0.456 e. The molecule has 2 N–H and O–H groups in total. The number of rotatable bonds is 7. The van der Waals surface area contributed by atoms with Crippen LogP contribution in [0, 0.1) is 0 Å². The quantitative estimate of drug-likeness (QED) is 0.219. The van der Waals surface area contributed by atoms with Gasteiger partial charge in [-0.25, -0.2) is 0 Å². The van der Waals surface area contributed by atoms with Gasteiger partial charge in [-0.05, 0) is 48.9 Å². The Kier molecular flexibility index (Phi) is 7.33. The molecule has 0 fully saturated rings. The molecule has 0 radical (unpaired) electrons. The number of aromatic nitrogens is 3. The molecule has 0 saturated carbocycles. The summed E-state index contributed by atoms with van der Waals surface area (Å²) in [6.07, 6.45) is 0.352. The van der Waals surface area contributed by atoms with E-state index in [4.69, 9.17) is 10.2 Å². The lowest BCUT2D eigenvalue weighted by Crippen LogP contribution is -2.07. The summed E-state index contributed by atoms with van der Waals surface area (Å²) >= 11 is 1.42. The largest absolute Gasteiger partial charge is 0.456 e. The van der Waals surface area contributed by atoms with Gasteiger partial charge < -0.3 is 14.7 Å². The molecule has 6 nitrogen and oxygen atoms in total. The molecule has 5 rings (SSSR count). The zero-order valence-electron chi connectivity index (χ0n) is 19.6. The Morgan fingerprint density at radius 2 is 1.71 bits per heavy atom. The molecule has 3 aromatic carbocycles. The van der Waals surface area contributed by atoms with E-state index in [1.54, 1.807) is 0 Å². The van der Waals surface area contributed by atoms with Crippen LogP contribution < -0.4 is 5.73 Å². The van der Waals surface area contributed by atoms with Crippen molar-refractivity contribution < 1.29 is 9.21 Å². The van der Waals surface area contributed by atoms with Crippen LogP contribution in [0.2, 0.25) is 0 Å². The van der Waals surface area contributed by atoms with Gasteiger partial charge in [-0.1, -0.05) is 55.9 Å². The van der Waals surface area contributed by atoms with Crippen LogP contribution in [0.3, 0.4) is 0 Å². The first-order chi connectivity index (χ1) is 16.6. The molecular weight excluding hydrogens is 444 g/mol. The summed E-state index contributed by atoms with van der Waals surface area (Å²) < 4.78 is 7.96. The molecule has 174 valence electrons. The summed E-state index contributed by atoms with van der Waals surface area (Å²) in [7, 11) is 0. The molecule has 0 aliphatic carbocycles. The smallest absolute Gasteiger partial charge is 0.191 e. The number of carbonyl (C=O) groups excluding carboxylic acids is 1. The number of carbonyl (C=O) groups is 1. The number of para-hydroxylation sites is 1. The number of furan rings is 1. The van der Waals surface area contributed by atoms with E-state index in [2.05, 4.69) is 10.2 Å². The van der Waals surface area contributed by atoms with Crippen molar-refractivity contribution in [2.24, 2.45) is 0 Å². The lowest BCUT2D eigenvalue weighted by Gasteiger charge is -2.07. The van der Waals surface area contributed by atoms with Crippen molar-refractivity contribution in [1.29, 1.82) is 0 Å². The highest BCUT2D eigenvalue weighted by Crippen LogP contribution is 2.29. The number of benzene rings is 3. The van der Waals surface area contributed by atoms with Gasteiger partial charge in [0.05, 0.1) is 5.75 Å².